The molecule has 22 heavy (non-hydrogen) atoms. The van der Waals surface area contributed by atoms with Crippen molar-refractivity contribution in [2.75, 3.05) is 6.54 Å². The second-order valence-electron chi connectivity index (χ2n) is 5.02. The summed E-state index contributed by atoms with van der Waals surface area (Å²) in [5.74, 6) is -0.569. The van der Waals surface area contributed by atoms with Crippen molar-refractivity contribution >= 4 is 17.5 Å². The third-order valence-corrected chi connectivity index (χ3v) is 3.93. The Morgan fingerprint density at radius 3 is 2.73 bits per heavy atom. The fourth-order valence-electron chi connectivity index (χ4n) is 2.43. The van der Waals surface area contributed by atoms with Crippen LogP contribution in [0.2, 0.25) is 5.02 Å². The number of rotatable bonds is 1. The number of nitrogens with zero attached hydrogens (tertiary/aromatic N) is 2. The monoisotopic (exact) mass is 329 g/mol. The first-order chi connectivity index (χ1) is 10.3. The molecule has 0 bridgehead atoms. The highest BCUT2D eigenvalue weighted by Crippen LogP contribution is 2.35. The molecule has 0 aliphatic carbocycles. The zero-order valence-corrected chi connectivity index (χ0v) is 12.2. The molecule has 0 radical (unpaired) electrons. The third kappa shape index (κ3) is 2.35. The zero-order valence-electron chi connectivity index (χ0n) is 11.5. The lowest BCUT2D eigenvalue weighted by atomic mass is 10.0. The van der Waals surface area contributed by atoms with Crippen LogP contribution in [-0.2, 0) is 12.6 Å². The summed E-state index contributed by atoms with van der Waals surface area (Å²) in [5, 5.41) is 6.56. The van der Waals surface area contributed by atoms with E-state index in [0.29, 0.717) is 10.7 Å². The molecule has 3 rings (SSSR count). The molecule has 0 unspecified atom stereocenters. The van der Waals surface area contributed by atoms with Crippen molar-refractivity contribution in [1.82, 2.24) is 15.1 Å². The van der Waals surface area contributed by atoms with Crippen LogP contribution in [0.4, 0.5) is 13.2 Å². The minimum atomic E-state index is -4.61. The van der Waals surface area contributed by atoms with Gasteiger partial charge in [-0.2, -0.15) is 18.3 Å². The Bertz CT molecular complexity index is 767. The topological polar surface area (TPSA) is 46.9 Å². The summed E-state index contributed by atoms with van der Waals surface area (Å²) in [4.78, 5) is 12.0. The number of aryl methyl sites for hydroxylation is 1. The van der Waals surface area contributed by atoms with E-state index in [4.69, 9.17) is 11.6 Å². The molecule has 0 spiro atoms. The van der Waals surface area contributed by atoms with Gasteiger partial charge < -0.3 is 5.32 Å². The van der Waals surface area contributed by atoms with Gasteiger partial charge in [-0.25, -0.2) is 4.68 Å². The molecule has 8 heteroatoms. The summed E-state index contributed by atoms with van der Waals surface area (Å²) in [6.45, 7) is 1.94. The number of carbonyl (C=O) groups is 1. The van der Waals surface area contributed by atoms with Crippen LogP contribution in [0.5, 0.6) is 0 Å². The SMILES string of the molecule is Cc1ccc(-n2nc(C(F)(F)F)c3c2C(=O)NCC3)cc1Cl. The van der Waals surface area contributed by atoms with Gasteiger partial charge in [0.1, 0.15) is 5.69 Å². The molecule has 4 nitrogen and oxygen atoms in total. The molecule has 2 heterocycles. The van der Waals surface area contributed by atoms with Gasteiger partial charge in [-0.05, 0) is 31.0 Å². The maximum Gasteiger partial charge on any atom is 0.435 e. The fourth-order valence-corrected chi connectivity index (χ4v) is 2.61. The Balaban J connectivity index is 2.25. The minimum absolute atomic E-state index is 0.0760. The van der Waals surface area contributed by atoms with E-state index < -0.39 is 17.8 Å². The van der Waals surface area contributed by atoms with E-state index in [-0.39, 0.29) is 24.2 Å². The normalized spacial score (nSPS) is 14.7. The Hall–Kier alpha value is -2.02. The number of benzene rings is 1. The molecule has 116 valence electrons. The highest BCUT2D eigenvalue weighted by atomic mass is 35.5. The zero-order chi connectivity index (χ0) is 16.1. The summed E-state index contributed by atoms with van der Waals surface area (Å²) in [6.07, 6.45) is -4.52. The highest BCUT2D eigenvalue weighted by Gasteiger charge is 2.41. The van der Waals surface area contributed by atoms with Crippen LogP contribution in [0, 0.1) is 6.92 Å². The first kappa shape index (κ1) is 14.9. The molecule has 2 aromatic rings. The maximum absolute atomic E-state index is 13.1. The molecule has 0 saturated carbocycles. The molecule has 1 N–H and O–H groups in total. The predicted octanol–water partition coefficient (Wildman–Crippen LogP) is 3.14. The molecule has 1 aliphatic heterocycles. The van der Waals surface area contributed by atoms with Crippen LogP contribution in [0.25, 0.3) is 5.69 Å². The van der Waals surface area contributed by atoms with Crippen LogP contribution in [-0.4, -0.2) is 22.2 Å². The quantitative estimate of drug-likeness (QED) is 0.873. The average molecular weight is 330 g/mol. The number of nitrogens with one attached hydrogen (secondary N) is 1. The van der Waals surface area contributed by atoms with Crippen LogP contribution in [0.1, 0.15) is 27.3 Å². The van der Waals surface area contributed by atoms with Gasteiger partial charge in [-0.1, -0.05) is 17.7 Å². The lowest BCUT2D eigenvalue weighted by Gasteiger charge is -2.15. The summed E-state index contributed by atoms with van der Waals surface area (Å²) in [7, 11) is 0. The second-order valence-corrected chi connectivity index (χ2v) is 5.43. The Labute approximate surface area is 128 Å². The van der Waals surface area contributed by atoms with Crippen molar-refractivity contribution in [1.29, 1.82) is 0 Å². The number of halogens is 4. The number of amides is 1. The number of aromatic nitrogens is 2. The van der Waals surface area contributed by atoms with Crippen molar-refractivity contribution < 1.29 is 18.0 Å². The maximum atomic E-state index is 13.1. The van der Waals surface area contributed by atoms with Gasteiger partial charge in [0.15, 0.2) is 5.69 Å². The lowest BCUT2D eigenvalue weighted by molar-refractivity contribution is -0.141. The standard InChI is InChI=1S/C14H11ClF3N3O/c1-7-2-3-8(6-10(7)15)21-11-9(4-5-19-13(11)22)12(20-21)14(16,17)18/h2-3,6H,4-5H2,1H3,(H,19,22). The third-order valence-electron chi connectivity index (χ3n) is 3.53. The number of alkyl halides is 3. The summed E-state index contributed by atoms with van der Waals surface area (Å²) in [5.41, 5.74) is -0.0770. The Kier molecular flexibility index (Phi) is 3.40. The van der Waals surface area contributed by atoms with Gasteiger partial charge in [-0.15, -0.1) is 0 Å². The average Bonchev–Trinajstić information content (AvgIpc) is 2.83. The van der Waals surface area contributed by atoms with Gasteiger partial charge in [0.25, 0.3) is 5.91 Å². The van der Waals surface area contributed by atoms with Crippen molar-refractivity contribution in [2.45, 2.75) is 19.5 Å². The van der Waals surface area contributed by atoms with E-state index in [1.54, 1.807) is 19.1 Å². The number of hydrogen-bond donors (Lipinski definition) is 1. The predicted molar refractivity (Wildman–Crippen MR) is 74.4 cm³/mol. The van der Waals surface area contributed by atoms with E-state index in [0.717, 1.165) is 10.2 Å². The van der Waals surface area contributed by atoms with Crippen LogP contribution in [0.3, 0.4) is 0 Å². The molecule has 0 atom stereocenters. The van der Waals surface area contributed by atoms with Crippen LogP contribution >= 0.6 is 11.6 Å². The fraction of sp³-hybridized carbons (Fsp3) is 0.286. The largest absolute Gasteiger partial charge is 0.435 e. The van der Waals surface area contributed by atoms with Crippen molar-refractivity contribution in [3.05, 3.63) is 45.7 Å². The van der Waals surface area contributed by atoms with Gasteiger partial charge in [-0.3, -0.25) is 4.79 Å². The number of hydrogen-bond acceptors (Lipinski definition) is 2. The molecule has 0 saturated heterocycles. The first-order valence-electron chi connectivity index (χ1n) is 6.53. The van der Waals surface area contributed by atoms with Crippen molar-refractivity contribution in [2.24, 2.45) is 0 Å². The van der Waals surface area contributed by atoms with Crippen molar-refractivity contribution in [3.8, 4) is 5.69 Å². The van der Waals surface area contributed by atoms with Crippen LogP contribution < -0.4 is 5.32 Å². The smallest absolute Gasteiger partial charge is 0.350 e. The van der Waals surface area contributed by atoms with Gasteiger partial charge in [0.2, 0.25) is 0 Å². The van der Waals surface area contributed by atoms with Gasteiger partial charge >= 0.3 is 6.18 Å². The molecule has 1 aliphatic rings. The Morgan fingerprint density at radius 2 is 2.09 bits per heavy atom. The van der Waals surface area contributed by atoms with Crippen molar-refractivity contribution in [3.63, 3.8) is 0 Å². The number of fused-ring (bicyclic) bond motifs is 1. The second kappa shape index (κ2) is 5.01. The number of carbonyl (C=O) groups excluding carboxylic acids is 1. The Morgan fingerprint density at radius 1 is 1.36 bits per heavy atom. The molecule has 0 fully saturated rings. The molecular formula is C14H11ClF3N3O. The minimum Gasteiger partial charge on any atom is -0.350 e. The summed E-state index contributed by atoms with van der Waals surface area (Å²) < 4.78 is 40.4. The molecule has 1 aromatic heterocycles. The van der Waals surface area contributed by atoms with E-state index in [2.05, 4.69) is 10.4 Å². The molecule has 1 amide bonds. The van der Waals surface area contributed by atoms with E-state index in [1.807, 2.05) is 0 Å². The van der Waals surface area contributed by atoms with Crippen LogP contribution in [0.15, 0.2) is 18.2 Å². The van der Waals surface area contributed by atoms with Gasteiger partial charge in [0.05, 0.1) is 5.69 Å². The molecule has 1 aromatic carbocycles. The highest BCUT2D eigenvalue weighted by molar-refractivity contribution is 6.31. The molecular weight excluding hydrogens is 319 g/mol. The van der Waals surface area contributed by atoms with E-state index >= 15 is 0 Å². The van der Waals surface area contributed by atoms with Gasteiger partial charge in [0, 0.05) is 17.1 Å². The lowest BCUT2D eigenvalue weighted by Crippen LogP contribution is -2.33. The summed E-state index contributed by atoms with van der Waals surface area (Å²) in [6, 6.07) is 4.74. The first-order valence-corrected chi connectivity index (χ1v) is 6.90. The van der Waals surface area contributed by atoms with E-state index in [9.17, 15) is 18.0 Å². The van der Waals surface area contributed by atoms with E-state index in [1.165, 1.54) is 6.07 Å². The summed E-state index contributed by atoms with van der Waals surface area (Å²) >= 11 is 6.02.